The highest BCUT2D eigenvalue weighted by atomic mass is 16.5. The van der Waals surface area contributed by atoms with Gasteiger partial charge in [-0.25, -0.2) is 0 Å². The van der Waals surface area contributed by atoms with Crippen LogP contribution in [-0.2, 0) is 19.1 Å². The summed E-state index contributed by atoms with van der Waals surface area (Å²) in [5, 5.41) is 0. The van der Waals surface area contributed by atoms with E-state index in [4.69, 9.17) is 4.74 Å². The Hall–Kier alpha value is -1.19. The quantitative estimate of drug-likeness (QED) is 0.299. The highest BCUT2D eigenvalue weighted by molar-refractivity contribution is 5.99. The maximum Gasteiger partial charge on any atom is 0.316 e. The molecule has 3 atom stereocenters. The van der Waals surface area contributed by atoms with Crippen molar-refractivity contribution >= 4 is 17.5 Å². The van der Waals surface area contributed by atoms with Crippen molar-refractivity contribution in [1.82, 2.24) is 0 Å². The van der Waals surface area contributed by atoms with Crippen molar-refractivity contribution in [2.24, 2.45) is 17.8 Å². The van der Waals surface area contributed by atoms with E-state index in [2.05, 4.69) is 6.92 Å². The SMILES string of the molecule is CCCCCCCCC1C(=O)CCC1C(C(C)=O)C(=O)OCCC. The monoisotopic (exact) mass is 338 g/mol. The Morgan fingerprint density at radius 2 is 1.75 bits per heavy atom. The molecule has 0 radical (unpaired) electrons. The molecular weight excluding hydrogens is 304 g/mol. The molecule has 1 rings (SSSR count). The number of carbonyl (C=O) groups excluding carboxylic acids is 3. The summed E-state index contributed by atoms with van der Waals surface area (Å²) in [5.41, 5.74) is 0. The average molecular weight is 338 g/mol. The van der Waals surface area contributed by atoms with Crippen molar-refractivity contribution < 1.29 is 19.1 Å². The fourth-order valence-electron chi connectivity index (χ4n) is 3.79. The third-order valence-corrected chi connectivity index (χ3v) is 5.09. The van der Waals surface area contributed by atoms with Gasteiger partial charge in [0.2, 0.25) is 0 Å². The van der Waals surface area contributed by atoms with Crippen LogP contribution in [0.5, 0.6) is 0 Å². The molecule has 24 heavy (non-hydrogen) atoms. The second-order valence-electron chi connectivity index (χ2n) is 7.09. The van der Waals surface area contributed by atoms with Gasteiger partial charge >= 0.3 is 5.97 Å². The molecule has 0 aromatic heterocycles. The number of ketones is 2. The Balaban J connectivity index is 2.59. The molecule has 0 N–H and O–H groups in total. The van der Waals surface area contributed by atoms with Crippen molar-refractivity contribution in [3.05, 3.63) is 0 Å². The van der Waals surface area contributed by atoms with E-state index < -0.39 is 11.9 Å². The molecule has 0 heterocycles. The summed E-state index contributed by atoms with van der Waals surface area (Å²) >= 11 is 0. The molecule has 3 unspecified atom stereocenters. The maximum absolute atomic E-state index is 12.3. The summed E-state index contributed by atoms with van der Waals surface area (Å²) in [6.45, 7) is 5.91. The van der Waals surface area contributed by atoms with Crippen molar-refractivity contribution in [1.29, 1.82) is 0 Å². The summed E-state index contributed by atoms with van der Waals surface area (Å²) in [5.74, 6) is -1.42. The minimum atomic E-state index is -0.756. The zero-order valence-corrected chi connectivity index (χ0v) is 15.6. The second kappa shape index (κ2) is 11.4. The molecule has 4 heteroatoms. The second-order valence-corrected chi connectivity index (χ2v) is 7.09. The first-order chi connectivity index (χ1) is 11.5. The van der Waals surface area contributed by atoms with E-state index in [0.717, 1.165) is 25.7 Å². The van der Waals surface area contributed by atoms with Crippen LogP contribution in [0.4, 0.5) is 0 Å². The van der Waals surface area contributed by atoms with Crippen molar-refractivity contribution in [2.45, 2.75) is 85.0 Å². The van der Waals surface area contributed by atoms with E-state index in [9.17, 15) is 14.4 Å². The number of hydrogen-bond donors (Lipinski definition) is 0. The van der Waals surface area contributed by atoms with Crippen LogP contribution in [0.15, 0.2) is 0 Å². The largest absolute Gasteiger partial charge is 0.465 e. The van der Waals surface area contributed by atoms with E-state index >= 15 is 0 Å². The molecular formula is C20H34O4. The van der Waals surface area contributed by atoms with Gasteiger partial charge in [0.05, 0.1) is 6.61 Å². The minimum absolute atomic E-state index is 0.140. The summed E-state index contributed by atoms with van der Waals surface area (Å²) in [4.78, 5) is 36.6. The van der Waals surface area contributed by atoms with E-state index in [1.807, 2.05) is 6.92 Å². The summed E-state index contributed by atoms with van der Waals surface area (Å²) in [6, 6.07) is 0. The number of rotatable bonds is 12. The molecule has 0 amide bonds. The topological polar surface area (TPSA) is 60.4 Å². The number of hydrogen-bond acceptors (Lipinski definition) is 4. The van der Waals surface area contributed by atoms with Crippen molar-refractivity contribution in [3.63, 3.8) is 0 Å². The fourth-order valence-corrected chi connectivity index (χ4v) is 3.79. The normalized spacial score (nSPS) is 21.7. The number of esters is 1. The van der Waals surface area contributed by atoms with Gasteiger partial charge in [-0.1, -0.05) is 52.4 Å². The first kappa shape index (κ1) is 20.9. The van der Waals surface area contributed by atoms with Gasteiger partial charge in [0.1, 0.15) is 17.5 Å². The van der Waals surface area contributed by atoms with Crippen LogP contribution in [0.2, 0.25) is 0 Å². The van der Waals surface area contributed by atoms with Gasteiger partial charge in [-0.15, -0.1) is 0 Å². The van der Waals surface area contributed by atoms with Crippen LogP contribution >= 0.6 is 0 Å². The van der Waals surface area contributed by atoms with Gasteiger partial charge in [0.15, 0.2) is 0 Å². The zero-order valence-electron chi connectivity index (χ0n) is 15.6. The van der Waals surface area contributed by atoms with Crippen molar-refractivity contribution in [2.75, 3.05) is 6.61 Å². The van der Waals surface area contributed by atoms with Crippen LogP contribution in [0, 0.1) is 17.8 Å². The van der Waals surface area contributed by atoms with Gasteiger partial charge in [-0.2, -0.15) is 0 Å². The summed E-state index contributed by atoms with van der Waals surface area (Å²) < 4.78 is 5.21. The smallest absolute Gasteiger partial charge is 0.316 e. The lowest BCUT2D eigenvalue weighted by Crippen LogP contribution is -2.35. The molecule has 0 aliphatic heterocycles. The molecule has 0 bridgehead atoms. The van der Waals surface area contributed by atoms with E-state index in [1.54, 1.807) is 0 Å². The molecule has 0 aromatic rings. The Kier molecular flexibility index (Phi) is 9.89. The van der Waals surface area contributed by atoms with Crippen molar-refractivity contribution in [3.8, 4) is 0 Å². The van der Waals surface area contributed by atoms with Crippen LogP contribution in [0.25, 0.3) is 0 Å². The third-order valence-electron chi connectivity index (χ3n) is 5.09. The van der Waals surface area contributed by atoms with Gasteiger partial charge in [-0.05, 0) is 32.1 Å². The van der Waals surface area contributed by atoms with Crippen LogP contribution < -0.4 is 0 Å². The molecule has 1 aliphatic carbocycles. The molecule has 138 valence electrons. The molecule has 1 saturated carbocycles. The van der Waals surface area contributed by atoms with E-state index in [0.29, 0.717) is 19.4 Å². The standard InChI is InChI=1S/C20H34O4/c1-4-6-7-8-9-10-11-16-17(12-13-18(16)22)19(15(3)21)20(23)24-14-5-2/h16-17,19H,4-14H2,1-3H3. The number of Topliss-reactive ketones (excluding diaryl/α,β-unsaturated/α-hetero) is 2. The maximum atomic E-state index is 12.3. The summed E-state index contributed by atoms with van der Waals surface area (Å²) in [7, 11) is 0. The fraction of sp³-hybridized carbons (Fsp3) is 0.850. The highest BCUT2D eigenvalue weighted by Gasteiger charge is 2.44. The third kappa shape index (κ3) is 6.37. The van der Waals surface area contributed by atoms with Crippen LogP contribution in [0.1, 0.15) is 85.0 Å². The predicted octanol–water partition coefficient (Wildman–Crippen LogP) is 4.49. The first-order valence-corrected chi connectivity index (χ1v) is 9.72. The van der Waals surface area contributed by atoms with Crippen LogP contribution in [0.3, 0.4) is 0 Å². The Morgan fingerprint density at radius 1 is 1.08 bits per heavy atom. The Labute approximate surface area is 146 Å². The van der Waals surface area contributed by atoms with E-state index in [-0.39, 0.29) is 23.4 Å². The number of unbranched alkanes of at least 4 members (excludes halogenated alkanes) is 5. The highest BCUT2D eigenvalue weighted by Crippen LogP contribution is 2.38. The lowest BCUT2D eigenvalue weighted by atomic mass is 9.79. The van der Waals surface area contributed by atoms with E-state index in [1.165, 1.54) is 32.6 Å². The Morgan fingerprint density at radius 3 is 2.38 bits per heavy atom. The Bertz CT molecular complexity index is 416. The lowest BCUT2D eigenvalue weighted by Gasteiger charge is -2.24. The molecule has 0 spiro atoms. The first-order valence-electron chi connectivity index (χ1n) is 9.72. The van der Waals surface area contributed by atoms with Gasteiger partial charge in [-0.3, -0.25) is 14.4 Å². The van der Waals surface area contributed by atoms with Crippen LogP contribution in [-0.4, -0.2) is 24.1 Å². The van der Waals surface area contributed by atoms with Gasteiger partial charge < -0.3 is 4.74 Å². The molecule has 4 nitrogen and oxygen atoms in total. The summed E-state index contributed by atoms with van der Waals surface area (Å²) in [6.07, 6.45) is 9.76. The van der Waals surface area contributed by atoms with Gasteiger partial charge in [0.25, 0.3) is 0 Å². The molecule has 0 aromatic carbocycles. The molecule has 1 aliphatic rings. The van der Waals surface area contributed by atoms with Gasteiger partial charge in [0, 0.05) is 12.3 Å². The predicted molar refractivity (Wildman–Crippen MR) is 94.6 cm³/mol. The minimum Gasteiger partial charge on any atom is -0.465 e. The average Bonchev–Trinajstić information content (AvgIpc) is 2.89. The zero-order chi connectivity index (χ0) is 17.9. The lowest BCUT2D eigenvalue weighted by molar-refractivity contribution is -0.154. The molecule has 0 saturated heterocycles. The number of ether oxygens (including phenoxy) is 1. The number of carbonyl (C=O) groups is 3. The molecule has 1 fully saturated rings.